The Bertz CT molecular complexity index is 1090. The molecule has 1 unspecified atom stereocenters. The second-order valence-electron chi connectivity index (χ2n) is 6.62. The van der Waals surface area contributed by atoms with Crippen LogP contribution in [0.1, 0.15) is 35.1 Å². The Morgan fingerprint density at radius 1 is 1.61 bits per heavy atom. The molecular weight excluding hydrogens is 387 g/mol. The number of anilines is 1. The van der Waals surface area contributed by atoms with Gasteiger partial charge in [0.2, 0.25) is 5.95 Å². The quantitative estimate of drug-likeness (QED) is 0.568. The van der Waals surface area contributed by atoms with Crippen LogP contribution in [0, 0.1) is 22.1 Å². The van der Waals surface area contributed by atoms with E-state index in [0.717, 1.165) is 6.07 Å². The van der Waals surface area contributed by atoms with E-state index in [1.165, 1.54) is 16.8 Å². The van der Waals surface area contributed by atoms with Gasteiger partial charge in [-0.25, -0.2) is 18.7 Å². The zero-order chi connectivity index (χ0) is 20.6. The largest absolute Gasteiger partial charge is 0.392 e. The van der Waals surface area contributed by atoms with Gasteiger partial charge in [-0.05, 0) is 25.8 Å². The summed E-state index contributed by atoms with van der Waals surface area (Å²) in [5, 5.41) is 21.2. The van der Waals surface area contributed by atoms with Crippen LogP contribution in [0.5, 0.6) is 0 Å². The molecule has 0 aromatic carbocycles. The number of nitrogens with zero attached hydrogens (tertiary/aromatic N) is 3. The molecule has 11 heteroatoms. The first kappa shape index (κ1) is 19.9. The predicted molar refractivity (Wildman–Crippen MR) is 98.3 cm³/mol. The van der Waals surface area contributed by atoms with Gasteiger partial charge in [0, 0.05) is 36.6 Å². The summed E-state index contributed by atoms with van der Waals surface area (Å²) >= 11 is 0. The van der Waals surface area contributed by atoms with Crippen molar-refractivity contribution >= 4 is 21.5 Å². The Balaban J connectivity index is 1.99. The van der Waals surface area contributed by atoms with Crippen molar-refractivity contribution in [3.05, 3.63) is 41.2 Å². The van der Waals surface area contributed by atoms with Crippen LogP contribution in [0.2, 0.25) is 0 Å². The van der Waals surface area contributed by atoms with Crippen LogP contribution >= 0.6 is 0 Å². The van der Waals surface area contributed by atoms with Gasteiger partial charge in [-0.2, -0.15) is 9.65 Å². The van der Waals surface area contributed by atoms with E-state index in [2.05, 4.69) is 15.0 Å². The van der Waals surface area contributed by atoms with Crippen LogP contribution in [0.3, 0.4) is 0 Å². The number of nitriles is 1. The minimum absolute atomic E-state index is 0.0595. The van der Waals surface area contributed by atoms with E-state index in [4.69, 9.17) is 10.0 Å². The maximum Gasteiger partial charge on any atom is 0.272 e. The molecule has 3 heterocycles. The molecular formula is C17H19FN6O3S. The standard InChI is InChI=1S/C17H19FN6O3S/c1-9(25)13-4-3-12-14(28(20,27)23-13)8-24(2)16(12)17(26)22-10-5-11(7-19)21-15(18)6-10/h5-6,8-9,13,25H,3-4H2,1-2H3,(H2,20,23,27)(H,21,22,26)/t9-,13+,28?/m0/s1. The molecule has 0 radical (unpaired) electrons. The topological polar surface area (TPSA) is 144 Å². The second kappa shape index (κ2) is 7.31. The predicted octanol–water partition coefficient (Wildman–Crippen LogP) is 1.29. The minimum Gasteiger partial charge on any atom is -0.392 e. The summed E-state index contributed by atoms with van der Waals surface area (Å²) < 4.78 is 38.7. The third-order valence-electron chi connectivity index (χ3n) is 4.54. The summed E-state index contributed by atoms with van der Waals surface area (Å²) in [6, 6.07) is 3.38. The Morgan fingerprint density at radius 2 is 2.32 bits per heavy atom. The first-order valence-electron chi connectivity index (χ1n) is 8.43. The normalized spacial score (nSPS) is 22.6. The van der Waals surface area contributed by atoms with Crippen molar-refractivity contribution in [3.8, 4) is 6.07 Å². The number of pyridine rings is 1. The Hall–Kier alpha value is -2.81. The fourth-order valence-corrected chi connectivity index (χ4v) is 4.95. The van der Waals surface area contributed by atoms with Crippen LogP contribution in [-0.2, 0) is 23.4 Å². The maximum absolute atomic E-state index is 13.5. The number of halogens is 1. The molecule has 4 N–H and O–H groups in total. The molecule has 1 aliphatic rings. The van der Waals surface area contributed by atoms with Gasteiger partial charge in [0.15, 0.2) is 0 Å². The summed E-state index contributed by atoms with van der Waals surface area (Å²) in [6.07, 6.45) is 1.34. The number of hydrogen-bond donors (Lipinski definition) is 4. The fraction of sp³-hybridized carbons (Fsp3) is 0.353. The summed E-state index contributed by atoms with van der Waals surface area (Å²) in [6.45, 7) is 1.54. The number of aryl methyl sites for hydroxylation is 1. The number of rotatable bonds is 3. The van der Waals surface area contributed by atoms with Crippen molar-refractivity contribution in [1.82, 2.24) is 14.3 Å². The number of carbonyl (C=O) groups excluding carboxylic acids is 1. The minimum atomic E-state index is -3.42. The van der Waals surface area contributed by atoms with Crippen LogP contribution in [0.4, 0.5) is 10.1 Å². The molecule has 2 aromatic rings. The maximum atomic E-state index is 13.5. The molecule has 2 aromatic heterocycles. The van der Waals surface area contributed by atoms with Crippen LogP contribution in [0.25, 0.3) is 0 Å². The van der Waals surface area contributed by atoms with Gasteiger partial charge in [-0.15, -0.1) is 0 Å². The van der Waals surface area contributed by atoms with Gasteiger partial charge in [-0.1, -0.05) is 0 Å². The highest BCUT2D eigenvalue weighted by Crippen LogP contribution is 2.29. The van der Waals surface area contributed by atoms with Gasteiger partial charge in [-0.3, -0.25) is 4.79 Å². The van der Waals surface area contributed by atoms with Crippen molar-refractivity contribution < 1.29 is 18.5 Å². The van der Waals surface area contributed by atoms with Crippen molar-refractivity contribution in [1.29, 1.82) is 10.0 Å². The molecule has 0 saturated heterocycles. The zero-order valence-electron chi connectivity index (χ0n) is 15.2. The van der Waals surface area contributed by atoms with Crippen LogP contribution in [-0.4, -0.2) is 36.9 Å². The highest BCUT2D eigenvalue weighted by atomic mass is 32.2. The second-order valence-corrected chi connectivity index (χ2v) is 8.41. The monoisotopic (exact) mass is 406 g/mol. The summed E-state index contributed by atoms with van der Waals surface area (Å²) in [5.74, 6) is -1.50. The smallest absolute Gasteiger partial charge is 0.272 e. The molecule has 0 fully saturated rings. The van der Waals surface area contributed by atoms with E-state index in [9.17, 15) is 18.5 Å². The first-order valence-corrected chi connectivity index (χ1v) is 9.99. The van der Waals surface area contributed by atoms with E-state index < -0.39 is 33.9 Å². The molecule has 1 amide bonds. The van der Waals surface area contributed by atoms with E-state index in [1.54, 1.807) is 20.0 Å². The molecule has 1 aliphatic heterocycles. The zero-order valence-corrected chi connectivity index (χ0v) is 16.0. The Kier molecular flexibility index (Phi) is 5.20. The number of aliphatic hydroxyl groups is 1. The lowest BCUT2D eigenvalue weighted by Gasteiger charge is -2.19. The molecule has 148 valence electrons. The lowest BCUT2D eigenvalue weighted by atomic mass is 10.0. The summed E-state index contributed by atoms with van der Waals surface area (Å²) in [4.78, 5) is 16.4. The van der Waals surface area contributed by atoms with Crippen molar-refractivity contribution in [2.24, 2.45) is 7.05 Å². The van der Waals surface area contributed by atoms with Crippen molar-refractivity contribution in [2.75, 3.05) is 5.32 Å². The lowest BCUT2D eigenvalue weighted by Crippen LogP contribution is -2.40. The highest BCUT2D eigenvalue weighted by molar-refractivity contribution is 7.90. The third kappa shape index (κ3) is 3.75. The molecule has 0 aliphatic carbocycles. The van der Waals surface area contributed by atoms with Crippen LogP contribution < -0.4 is 10.0 Å². The number of amides is 1. The first-order chi connectivity index (χ1) is 13.1. The van der Waals surface area contributed by atoms with Gasteiger partial charge < -0.3 is 15.0 Å². The van der Waals surface area contributed by atoms with E-state index in [-0.39, 0.29) is 22.0 Å². The van der Waals surface area contributed by atoms with Crippen molar-refractivity contribution in [3.63, 3.8) is 0 Å². The number of aromatic nitrogens is 2. The average molecular weight is 406 g/mol. The third-order valence-corrected chi connectivity index (χ3v) is 6.15. The van der Waals surface area contributed by atoms with Crippen molar-refractivity contribution in [2.45, 2.75) is 36.8 Å². The van der Waals surface area contributed by atoms with Gasteiger partial charge >= 0.3 is 0 Å². The molecule has 28 heavy (non-hydrogen) atoms. The molecule has 0 spiro atoms. The molecule has 0 saturated carbocycles. The van der Waals surface area contributed by atoms with Gasteiger partial charge in [0.05, 0.1) is 11.0 Å². The number of hydrogen-bond acceptors (Lipinski definition) is 6. The highest BCUT2D eigenvalue weighted by Gasteiger charge is 2.32. The SMILES string of the molecule is C[C@H](O)[C@H]1CCc2c(cn(C)c2C(=O)Nc2cc(F)nc(C#N)c2)S(=N)(=O)N1. The lowest BCUT2D eigenvalue weighted by molar-refractivity contribution is 0.101. The molecule has 0 bridgehead atoms. The molecule has 3 atom stereocenters. The van der Waals surface area contributed by atoms with Crippen LogP contribution in [0.15, 0.2) is 23.2 Å². The fourth-order valence-electron chi connectivity index (χ4n) is 3.23. The number of nitrogens with one attached hydrogen (secondary N) is 3. The van der Waals surface area contributed by atoms with Gasteiger partial charge in [0.1, 0.15) is 27.4 Å². The number of fused-ring (bicyclic) bond motifs is 1. The van der Waals surface area contributed by atoms with E-state index in [0.29, 0.717) is 18.4 Å². The average Bonchev–Trinajstić information content (AvgIpc) is 2.88. The Labute approximate surface area is 161 Å². The summed E-state index contributed by atoms with van der Waals surface area (Å²) in [7, 11) is -1.84. The Morgan fingerprint density at radius 3 is 2.96 bits per heavy atom. The summed E-state index contributed by atoms with van der Waals surface area (Å²) in [5.41, 5.74) is 0.493. The van der Waals surface area contributed by atoms with E-state index >= 15 is 0 Å². The molecule has 9 nitrogen and oxygen atoms in total. The van der Waals surface area contributed by atoms with Gasteiger partial charge in [0.25, 0.3) is 5.91 Å². The number of aliphatic hydroxyl groups excluding tert-OH is 1. The number of carbonyl (C=O) groups is 1. The van der Waals surface area contributed by atoms with E-state index in [1.807, 2.05) is 0 Å². The molecule has 3 rings (SSSR count).